The van der Waals surface area contributed by atoms with E-state index in [9.17, 15) is 0 Å². The minimum atomic E-state index is -0.877. The van der Waals surface area contributed by atoms with E-state index in [0.717, 1.165) is 0 Å². The van der Waals surface area contributed by atoms with Gasteiger partial charge in [0.05, 0.1) is 15.8 Å². The van der Waals surface area contributed by atoms with Crippen LogP contribution in [0.25, 0.3) is 16.0 Å². The van der Waals surface area contributed by atoms with Crippen LogP contribution in [-0.2, 0) is 0 Å². The lowest BCUT2D eigenvalue weighted by Crippen LogP contribution is -2.20. The summed E-state index contributed by atoms with van der Waals surface area (Å²) in [4.78, 5) is 1.50. The molecule has 0 unspecified atom stereocenters. The molecule has 6 aromatic carbocycles. The van der Waals surface area contributed by atoms with E-state index in [2.05, 4.69) is 182 Å². The molecule has 0 aliphatic heterocycles. The van der Waals surface area contributed by atoms with Crippen LogP contribution in [-0.4, -0.2) is 0 Å². The molecule has 0 spiro atoms. The fraction of sp³-hybridized carbons (Fsp3) is 0. The van der Waals surface area contributed by atoms with Gasteiger partial charge in [0.1, 0.15) is 31.8 Å². The second kappa shape index (κ2) is 18.0. The van der Waals surface area contributed by atoms with Gasteiger partial charge >= 0.3 is 0 Å². The standard InChI is InChI=1S/2C18H15P.N3.H3N/c2*1-4-10-16(11-5-1)19(17-12-6-2-7-13-17)18-14-8-3-9-15-18;1-3-2;/h2*1-15H;;1H3/q;;-1;/p+3. The van der Waals surface area contributed by atoms with Crippen molar-refractivity contribution in [1.29, 1.82) is 0 Å². The highest BCUT2D eigenvalue weighted by Crippen LogP contribution is 2.33. The summed E-state index contributed by atoms with van der Waals surface area (Å²) in [5.74, 6) is 0. The second-order valence-corrected chi connectivity index (χ2v) is 14.0. The first-order chi connectivity index (χ1) is 20.3. The van der Waals surface area contributed by atoms with Crippen LogP contribution in [0.5, 0.6) is 0 Å². The van der Waals surface area contributed by atoms with Crippen molar-refractivity contribution >= 4 is 47.7 Å². The Morgan fingerprint density at radius 3 is 0.524 bits per heavy atom. The van der Waals surface area contributed by atoms with Gasteiger partial charge in [0, 0.05) is 0 Å². The smallest absolute Gasteiger partial charge is 0.102 e. The zero-order valence-corrected chi connectivity index (χ0v) is 25.7. The van der Waals surface area contributed by atoms with Gasteiger partial charge in [-0.15, -0.1) is 0 Å². The zero-order valence-electron chi connectivity index (χ0n) is 23.7. The molecule has 0 saturated carbocycles. The summed E-state index contributed by atoms with van der Waals surface area (Å²) in [6.07, 6.45) is 0. The summed E-state index contributed by atoms with van der Waals surface area (Å²) >= 11 is 0. The third kappa shape index (κ3) is 9.25. The maximum atomic E-state index is 6.75. The molecule has 6 rings (SSSR count). The van der Waals surface area contributed by atoms with E-state index < -0.39 is 15.8 Å². The predicted octanol–water partition coefficient (Wildman–Crippen LogP) is 7.60. The molecule has 0 heterocycles. The molecule has 208 valence electrons. The topological polar surface area (TPSA) is 95.2 Å². The Balaban J connectivity index is 0.000000207. The van der Waals surface area contributed by atoms with Crippen LogP contribution in [0.3, 0.4) is 0 Å². The molecule has 42 heavy (non-hydrogen) atoms. The highest BCUT2D eigenvalue weighted by atomic mass is 31.1. The Morgan fingerprint density at radius 1 is 0.286 bits per heavy atom. The van der Waals surface area contributed by atoms with E-state index in [-0.39, 0.29) is 6.15 Å². The Kier molecular flexibility index (Phi) is 13.7. The van der Waals surface area contributed by atoms with Gasteiger partial charge < -0.3 is 17.2 Å². The molecule has 0 saturated heterocycles. The molecule has 4 nitrogen and oxygen atoms in total. The summed E-state index contributed by atoms with van der Waals surface area (Å²) < 4.78 is 0. The van der Waals surface area contributed by atoms with Gasteiger partial charge in [-0.25, -0.2) is 0 Å². The molecule has 4 N–H and O–H groups in total. The monoisotopic (exact) mass is 586 g/mol. The fourth-order valence-electron chi connectivity index (χ4n) is 4.63. The van der Waals surface area contributed by atoms with Crippen LogP contribution >= 0.6 is 15.8 Å². The Labute approximate surface area is 251 Å². The molecule has 0 atom stereocenters. The quantitative estimate of drug-likeness (QED) is 0.0901. The Bertz CT molecular complexity index is 1280. The van der Waals surface area contributed by atoms with E-state index in [1.54, 1.807) is 0 Å². The van der Waals surface area contributed by atoms with Crippen molar-refractivity contribution in [3.05, 3.63) is 198 Å². The SMILES string of the molecule is [N-]=[N+]=[N-].[NH4+].c1ccc([PH+](c2ccccc2)c2ccccc2)cc1.c1ccc([PH+](c2ccccc2)c2ccccc2)cc1. The highest BCUT2D eigenvalue weighted by Gasteiger charge is 2.25. The van der Waals surface area contributed by atoms with E-state index in [1.807, 2.05) is 0 Å². The van der Waals surface area contributed by atoms with Gasteiger partial charge in [0.2, 0.25) is 0 Å². The van der Waals surface area contributed by atoms with Gasteiger partial charge in [0.15, 0.2) is 0 Å². The van der Waals surface area contributed by atoms with Crippen LogP contribution < -0.4 is 38.0 Å². The van der Waals surface area contributed by atoms with Crippen molar-refractivity contribution in [3.8, 4) is 0 Å². The number of benzene rings is 6. The molecule has 0 aromatic heterocycles. The van der Waals surface area contributed by atoms with E-state index in [1.165, 1.54) is 36.7 Å². The van der Waals surface area contributed by atoms with Crippen LogP contribution in [0, 0.1) is 0 Å². The van der Waals surface area contributed by atoms with Gasteiger partial charge in [-0.2, -0.15) is 0 Å². The molecule has 0 aliphatic rings. The second-order valence-electron chi connectivity index (χ2n) is 9.04. The lowest BCUT2D eigenvalue weighted by molar-refractivity contribution is 1.74. The fourth-order valence-corrected chi connectivity index (χ4v) is 9.78. The van der Waals surface area contributed by atoms with E-state index in [4.69, 9.17) is 11.1 Å². The summed E-state index contributed by atoms with van der Waals surface area (Å²) in [5, 5.41) is 8.61. The zero-order chi connectivity index (χ0) is 28.5. The van der Waals surface area contributed by atoms with Crippen molar-refractivity contribution in [3.63, 3.8) is 0 Å². The summed E-state index contributed by atoms with van der Waals surface area (Å²) in [6.45, 7) is 0. The first kappa shape index (κ1) is 32.0. The number of quaternary nitrogens is 1. The van der Waals surface area contributed by atoms with Crippen molar-refractivity contribution in [2.75, 3.05) is 0 Å². The lowest BCUT2D eigenvalue weighted by atomic mass is 10.4. The molecule has 0 bridgehead atoms. The average molecular weight is 587 g/mol. The molecular formula is C36H36N4P2+2. The van der Waals surface area contributed by atoms with Crippen molar-refractivity contribution in [2.45, 2.75) is 0 Å². The third-order valence-electron chi connectivity index (χ3n) is 6.37. The molecule has 0 fully saturated rings. The largest absolute Gasteiger partial charge is 0.373 e. The van der Waals surface area contributed by atoms with Crippen LogP contribution in [0.1, 0.15) is 0 Å². The Morgan fingerprint density at radius 2 is 0.405 bits per heavy atom. The van der Waals surface area contributed by atoms with Crippen LogP contribution in [0.15, 0.2) is 182 Å². The van der Waals surface area contributed by atoms with Crippen molar-refractivity contribution in [2.24, 2.45) is 0 Å². The predicted molar refractivity (Wildman–Crippen MR) is 189 cm³/mol. The molecule has 0 radical (unpaired) electrons. The van der Waals surface area contributed by atoms with Crippen LogP contribution in [0.2, 0.25) is 0 Å². The first-order valence-corrected chi connectivity index (χ1v) is 16.4. The maximum absolute atomic E-state index is 6.75. The summed E-state index contributed by atoms with van der Waals surface area (Å²) in [6, 6.07) is 65.0. The maximum Gasteiger partial charge on any atom is 0.102 e. The number of nitrogens with zero attached hydrogens (tertiary/aromatic N) is 3. The molecule has 6 heteroatoms. The summed E-state index contributed by atoms with van der Waals surface area (Å²) in [7, 11) is -1.75. The van der Waals surface area contributed by atoms with Gasteiger partial charge in [-0.1, -0.05) is 109 Å². The van der Waals surface area contributed by atoms with Gasteiger partial charge in [0.25, 0.3) is 0 Å². The third-order valence-corrected chi connectivity index (χ3v) is 11.8. The first-order valence-electron chi connectivity index (χ1n) is 13.4. The highest BCUT2D eigenvalue weighted by molar-refractivity contribution is 7.80. The normalized spacial score (nSPS) is 9.76. The molecular weight excluding hydrogens is 550 g/mol. The number of hydrogen-bond acceptors (Lipinski definition) is 0. The van der Waals surface area contributed by atoms with Gasteiger partial charge in [-0.05, 0) is 72.8 Å². The van der Waals surface area contributed by atoms with Gasteiger partial charge in [-0.3, -0.25) is 4.91 Å². The van der Waals surface area contributed by atoms with Crippen LogP contribution in [0.4, 0.5) is 0 Å². The van der Waals surface area contributed by atoms with E-state index >= 15 is 0 Å². The number of hydrogen-bond donors (Lipinski definition) is 1. The van der Waals surface area contributed by atoms with Crippen molar-refractivity contribution in [1.82, 2.24) is 6.15 Å². The minimum Gasteiger partial charge on any atom is -0.373 e. The lowest BCUT2D eigenvalue weighted by Gasteiger charge is -2.10. The number of rotatable bonds is 6. The molecule has 0 amide bonds. The van der Waals surface area contributed by atoms with Crippen molar-refractivity contribution < 1.29 is 0 Å². The molecule has 6 aromatic rings. The Hall–Kier alpha value is -4.55. The van der Waals surface area contributed by atoms with E-state index in [0.29, 0.717) is 0 Å². The minimum absolute atomic E-state index is 0. The average Bonchev–Trinajstić information content (AvgIpc) is 3.05. The molecule has 0 aliphatic carbocycles. The summed E-state index contributed by atoms with van der Waals surface area (Å²) in [5.41, 5.74) is 13.5.